The van der Waals surface area contributed by atoms with Crippen LogP contribution in [0, 0.1) is 11.8 Å². The van der Waals surface area contributed by atoms with E-state index in [0.717, 1.165) is 0 Å². The molecule has 7 atom stereocenters. The van der Waals surface area contributed by atoms with Gasteiger partial charge >= 0.3 is 5.97 Å². The maximum Gasteiger partial charge on any atom is 0.326 e. The molecule has 0 saturated carbocycles. The number of hydrogen-bond donors (Lipinski definition) is 7. The minimum absolute atomic E-state index is 0.0322. The molecule has 2 rings (SSSR count). The number of amides is 5. The number of rotatable bonds is 17. The summed E-state index contributed by atoms with van der Waals surface area (Å²) in [6, 6.07) is -5.63. The second-order valence-corrected chi connectivity index (χ2v) is 13.1. The first kappa shape index (κ1) is 39.2. The van der Waals surface area contributed by atoms with Crippen molar-refractivity contribution < 1.29 is 33.9 Å². The van der Waals surface area contributed by atoms with Crippen LogP contribution in [-0.4, -0.2) is 112 Å². The average molecular weight is 666 g/mol. The van der Waals surface area contributed by atoms with Crippen LogP contribution < -0.4 is 33.2 Å². The van der Waals surface area contributed by atoms with Crippen LogP contribution in [0.5, 0.6) is 0 Å². The lowest BCUT2D eigenvalue weighted by atomic mass is 9.97. The van der Waals surface area contributed by atoms with Gasteiger partial charge < -0.3 is 48.1 Å². The fraction of sp³-hybridized carbons (Fsp3) is 0.774. The van der Waals surface area contributed by atoms with Gasteiger partial charge in [0.2, 0.25) is 29.5 Å². The second-order valence-electron chi connectivity index (χ2n) is 13.1. The molecule has 2 aliphatic heterocycles. The van der Waals surface area contributed by atoms with Crippen LogP contribution in [0.3, 0.4) is 0 Å². The smallest absolute Gasteiger partial charge is 0.326 e. The molecule has 47 heavy (non-hydrogen) atoms. The molecule has 2 heterocycles. The molecule has 10 N–H and O–H groups in total. The van der Waals surface area contributed by atoms with E-state index in [0.29, 0.717) is 51.6 Å². The van der Waals surface area contributed by atoms with Gasteiger partial charge in [-0.3, -0.25) is 29.0 Å². The number of nitrogens with one attached hydrogen (secondary N) is 3. The quantitative estimate of drug-likeness (QED) is 0.0566. The molecule has 2 aliphatic rings. The highest BCUT2D eigenvalue weighted by Crippen LogP contribution is 2.25. The van der Waals surface area contributed by atoms with Crippen LogP contribution in [0.2, 0.25) is 0 Å². The maximum atomic E-state index is 13.7. The summed E-state index contributed by atoms with van der Waals surface area (Å²) in [5, 5.41) is 17.7. The summed E-state index contributed by atoms with van der Waals surface area (Å²) in [5.41, 5.74) is 16.7. The SMILES string of the molecule is CC[C@H](C)[C@H](NC(=O)[C@H](CC(C)C)NC(=O)[C@H](CCCN=C(N)N)NC(=O)[C@@H]1CCCN1C(=O)[C@@H]1CCCN1C(=O)[C@H](C)N)C(=O)O. The Balaban J connectivity index is 2.25. The van der Waals surface area contributed by atoms with Gasteiger partial charge in [0.05, 0.1) is 6.04 Å². The van der Waals surface area contributed by atoms with E-state index in [1.54, 1.807) is 13.8 Å². The van der Waals surface area contributed by atoms with Crippen molar-refractivity contribution in [2.24, 2.45) is 34.0 Å². The van der Waals surface area contributed by atoms with Crippen LogP contribution in [0.4, 0.5) is 0 Å². The minimum Gasteiger partial charge on any atom is -0.480 e. The highest BCUT2D eigenvalue weighted by Gasteiger charge is 2.43. The average Bonchev–Trinajstić information content (AvgIpc) is 3.69. The molecule has 2 fully saturated rings. The van der Waals surface area contributed by atoms with Gasteiger partial charge in [0.1, 0.15) is 30.2 Å². The van der Waals surface area contributed by atoms with Crippen LogP contribution in [-0.2, 0) is 28.8 Å². The number of hydrogen-bond acceptors (Lipinski definition) is 8. The van der Waals surface area contributed by atoms with Crippen LogP contribution in [0.1, 0.15) is 86.0 Å². The highest BCUT2D eigenvalue weighted by molar-refractivity contribution is 5.96. The lowest BCUT2D eigenvalue weighted by molar-refractivity contribution is -0.147. The number of likely N-dealkylation sites (tertiary alicyclic amines) is 2. The molecule has 0 radical (unpaired) electrons. The Labute approximate surface area is 277 Å². The first-order valence-electron chi connectivity index (χ1n) is 16.6. The molecule has 16 heteroatoms. The Bertz CT molecular complexity index is 1160. The predicted molar refractivity (Wildman–Crippen MR) is 175 cm³/mol. The summed E-state index contributed by atoms with van der Waals surface area (Å²) in [6.45, 7) is 9.76. The molecule has 0 aromatic heterocycles. The zero-order valence-electron chi connectivity index (χ0n) is 28.4. The lowest BCUT2D eigenvalue weighted by Gasteiger charge is -2.32. The standard InChI is InChI=1S/C31H55N9O7/c1-6-18(4)24(30(46)47)38-26(42)21(16-17(2)3)37-25(41)20(10-7-13-35-31(33)34)36-27(43)22-11-8-14-39(22)29(45)23-12-9-15-40(23)28(44)19(5)32/h17-24H,6-16,32H2,1-5H3,(H,36,43)(H,37,41)(H,38,42)(H,46,47)(H4,33,34,35)/t18-,19-,20-,21-,22-,23-,24-/m0/s1. The molecule has 16 nitrogen and oxygen atoms in total. The van der Waals surface area contributed by atoms with Gasteiger partial charge in [-0.15, -0.1) is 0 Å². The first-order chi connectivity index (χ1) is 22.1. The Hall–Kier alpha value is -3.95. The van der Waals surface area contributed by atoms with Crippen molar-refractivity contribution in [2.75, 3.05) is 19.6 Å². The number of guanidine groups is 1. The van der Waals surface area contributed by atoms with E-state index >= 15 is 0 Å². The third-order valence-electron chi connectivity index (χ3n) is 8.74. The first-order valence-corrected chi connectivity index (χ1v) is 16.6. The van der Waals surface area contributed by atoms with Crippen LogP contribution >= 0.6 is 0 Å². The van der Waals surface area contributed by atoms with Gasteiger partial charge in [-0.05, 0) is 63.7 Å². The molecule has 0 aromatic rings. The van der Waals surface area contributed by atoms with Gasteiger partial charge in [-0.1, -0.05) is 34.1 Å². The van der Waals surface area contributed by atoms with Crippen molar-refractivity contribution >= 4 is 41.5 Å². The molecule has 266 valence electrons. The molecule has 0 unspecified atom stereocenters. The number of carboxylic acid groups (broad SMARTS) is 1. The minimum atomic E-state index is -1.18. The van der Waals surface area contributed by atoms with Gasteiger partial charge in [0.25, 0.3) is 0 Å². The number of nitrogens with zero attached hydrogens (tertiary/aromatic N) is 3. The third kappa shape index (κ3) is 11.4. The molecular weight excluding hydrogens is 610 g/mol. The van der Waals surface area contributed by atoms with Crippen molar-refractivity contribution in [3.05, 3.63) is 0 Å². The van der Waals surface area contributed by atoms with Crippen molar-refractivity contribution in [1.82, 2.24) is 25.8 Å². The zero-order chi connectivity index (χ0) is 35.4. The molecule has 2 saturated heterocycles. The Morgan fingerprint density at radius 1 is 0.872 bits per heavy atom. The third-order valence-corrected chi connectivity index (χ3v) is 8.74. The Kier molecular flexibility index (Phi) is 15.4. The number of carbonyl (C=O) groups excluding carboxylic acids is 5. The Morgan fingerprint density at radius 3 is 2.02 bits per heavy atom. The van der Waals surface area contributed by atoms with E-state index in [2.05, 4.69) is 20.9 Å². The van der Waals surface area contributed by atoms with Crippen LogP contribution in [0.15, 0.2) is 4.99 Å². The summed E-state index contributed by atoms with van der Waals surface area (Å²) in [7, 11) is 0. The van der Waals surface area contributed by atoms with E-state index < -0.39 is 59.9 Å². The van der Waals surface area contributed by atoms with Gasteiger partial charge in [-0.2, -0.15) is 0 Å². The fourth-order valence-electron chi connectivity index (χ4n) is 6.00. The maximum absolute atomic E-state index is 13.7. The van der Waals surface area contributed by atoms with E-state index in [1.165, 1.54) is 9.80 Å². The summed E-state index contributed by atoms with van der Waals surface area (Å²) >= 11 is 0. The highest BCUT2D eigenvalue weighted by atomic mass is 16.4. The second kappa shape index (κ2) is 18.4. The monoisotopic (exact) mass is 665 g/mol. The molecule has 0 aromatic carbocycles. The zero-order valence-corrected chi connectivity index (χ0v) is 28.4. The molecule has 0 spiro atoms. The summed E-state index contributed by atoms with van der Waals surface area (Å²) < 4.78 is 0. The van der Waals surface area contributed by atoms with E-state index in [9.17, 15) is 33.9 Å². The normalized spacial score (nSPS) is 20.9. The topological polar surface area (TPSA) is 256 Å². The van der Waals surface area contributed by atoms with Crippen molar-refractivity contribution in [1.29, 1.82) is 0 Å². The fourth-order valence-corrected chi connectivity index (χ4v) is 6.00. The van der Waals surface area contributed by atoms with E-state index in [4.69, 9.17) is 17.2 Å². The predicted octanol–water partition coefficient (Wildman–Crippen LogP) is -1.000. The van der Waals surface area contributed by atoms with Crippen molar-refractivity contribution in [3.8, 4) is 0 Å². The van der Waals surface area contributed by atoms with E-state index in [1.807, 2.05) is 20.8 Å². The Morgan fingerprint density at radius 2 is 1.47 bits per heavy atom. The van der Waals surface area contributed by atoms with Crippen molar-refractivity contribution in [2.45, 2.75) is 122 Å². The number of nitrogens with two attached hydrogens (primary N) is 3. The summed E-state index contributed by atoms with van der Waals surface area (Å²) in [4.78, 5) is 85.7. The van der Waals surface area contributed by atoms with Gasteiger partial charge in [0, 0.05) is 19.6 Å². The van der Waals surface area contributed by atoms with E-state index in [-0.39, 0.29) is 49.0 Å². The summed E-state index contributed by atoms with van der Waals surface area (Å²) in [6.07, 6.45) is 3.23. The number of carboxylic acids is 1. The number of aliphatic carboxylic acids is 1. The largest absolute Gasteiger partial charge is 0.480 e. The number of carbonyl (C=O) groups is 6. The molecule has 0 bridgehead atoms. The lowest BCUT2D eigenvalue weighted by Crippen LogP contribution is -2.59. The summed E-state index contributed by atoms with van der Waals surface area (Å²) in [5.74, 6) is -4.14. The van der Waals surface area contributed by atoms with Gasteiger partial charge in [-0.25, -0.2) is 4.79 Å². The molecule has 0 aliphatic carbocycles. The molecular formula is C31H55N9O7. The number of aliphatic imine (C=N–C) groups is 1. The van der Waals surface area contributed by atoms with Crippen molar-refractivity contribution in [3.63, 3.8) is 0 Å². The van der Waals surface area contributed by atoms with Crippen LogP contribution in [0.25, 0.3) is 0 Å². The van der Waals surface area contributed by atoms with Gasteiger partial charge in [0.15, 0.2) is 5.96 Å². The molecule has 5 amide bonds.